The predicted octanol–water partition coefficient (Wildman–Crippen LogP) is 3.76. The van der Waals surface area contributed by atoms with Crippen LogP contribution in [0.3, 0.4) is 0 Å². The van der Waals surface area contributed by atoms with Gasteiger partial charge in [0.1, 0.15) is 10.3 Å². The number of hydrogen-bond acceptors (Lipinski definition) is 4. The van der Waals surface area contributed by atoms with Crippen molar-refractivity contribution in [3.8, 4) is 0 Å². The van der Waals surface area contributed by atoms with Gasteiger partial charge in [-0.1, -0.05) is 36.7 Å². The first-order valence-electron chi connectivity index (χ1n) is 8.09. The van der Waals surface area contributed by atoms with Crippen molar-refractivity contribution in [1.82, 2.24) is 4.31 Å². The molecular formula is C17H19ClN2O3S2. The number of benzene rings is 1. The minimum atomic E-state index is -3.71. The number of carbonyl (C=O) groups excluding carboxylic acids is 1. The van der Waals surface area contributed by atoms with E-state index in [0.29, 0.717) is 23.7 Å². The van der Waals surface area contributed by atoms with Crippen LogP contribution in [0, 0.1) is 0 Å². The van der Waals surface area contributed by atoms with Gasteiger partial charge in [-0.15, -0.1) is 11.3 Å². The average Bonchev–Trinajstić information content (AvgIpc) is 3.24. The fourth-order valence-electron chi connectivity index (χ4n) is 3.01. The Kier molecular flexibility index (Phi) is 5.48. The van der Waals surface area contributed by atoms with E-state index < -0.39 is 16.1 Å². The van der Waals surface area contributed by atoms with Crippen molar-refractivity contribution >= 4 is 44.6 Å². The summed E-state index contributed by atoms with van der Waals surface area (Å²) in [5.41, 5.74) is 1.76. The van der Waals surface area contributed by atoms with Crippen LogP contribution >= 0.6 is 22.9 Å². The molecule has 1 N–H and O–H groups in total. The fourth-order valence-corrected chi connectivity index (χ4v) is 6.28. The minimum absolute atomic E-state index is 0.172. The topological polar surface area (TPSA) is 66.5 Å². The summed E-state index contributed by atoms with van der Waals surface area (Å²) in [7, 11) is -3.71. The molecule has 0 aliphatic carbocycles. The molecule has 1 saturated heterocycles. The van der Waals surface area contributed by atoms with Gasteiger partial charge in [-0.3, -0.25) is 4.79 Å². The van der Waals surface area contributed by atoms with Crippen LogP contribution in [0.25, 0.3) is 0 Å². The molecule has 0 spiro atoms. The molecule has 0 bridgehead atoms. The summed E-state index contributed by atoms with van der Waals surface area (Å²) in [5.74, 6) is -0.287. The summed E-state index contributed by atoms with van der Waals surface area (Å²) >= 11 is 6.88. The molecule has 2 heterocycles. The van der Waals surface area contributed by atoms with Crippen molar-refractivity contribution in [3.05, 3.63) is 46.3 Å². The van der Waals surface area contributed by atoms with Gasteiger partial charge in [-0.2, -0.15) is 4.31 Å². The molecule has 134 valence electrons. The lowest BCUT2D eigenvalue weighted by molar-refractivity contribution is -0.119. The van der Waals surface area contributed by atoms with Crippen LogP contribution in [0.4, 0.5) is 5.69 Å². The Labute approximate surface area is 156 Å². The zero-order chi connectivity index (χ0) is 18.0. The van der Waals surface area contributed by atoms with Crippen LogP contribution in [0.5, 0.6) is 0 Å². The third-order valence-corrected chi connectivity index (χ3v) is 7.88. The zero-order valence-electron chi connectivity index (χ0n) is 13.7. The molecule has 3 rings (SSSR count). The first kappa shape index (κ1) is 18.4. The monoisotopic (exact) mass is 398 g/mol. The number of thiophene rings is 1. The molecule has 1 atom stereocenters. The van der Waals surface area contributed by atoms with Crippen LogP contribution in [-0.4, -0.2) is 31.2 Å². The maximum absolute atomic E-state index is 12.8. The Balaban J connectivity index is 1.83. The molecule has 5 nitrogen and oxygen atoms in total. The molecule has 2 aromatic rings. The van der Waals surface area contributed by atoms with Gasteiger partial charge in [-0.05, 0) is 43.0 Å². The summed E-state index contributed by atoms with van der Waals surface area (Å²) in [4.78, 5) is 12.7. The van der Waals surface area contributed by atoms with E-state index in [2.05, 4.69) is 5.32 Å². The normalized spacial score (nSPS) is 18.4. The molecule has 1 amide bonds. The SMILES string of the molecule is CCc1ccccc1NC(=O)C1CCCN1S(=O)(=O)c1ccc(Cl)s1. The maximum Gasteiger partial charge on any atom is 0.253 e. The van der Waals surface area contributed by atoms with Gasteiger partial charge in [0.15, 0.2) is 0 Å². The quantitative estimate of drug-likeness (QED) is 0.833. The van der Waals surface area contributed by atoms with Gasteiger partial charge in [0.05, 0.1) is 4.34 Å². The van der Waals surface area contributed by atoms with Crippen LogP contribution in [0.1, 0.15) is 25.3 Å². The second kappa shape index (κ2) is 7.45. The third-order valence-electron chi connectivity index (χ3n) is 4.27. The van der Waals surface area contributed by atoms with E-state index in [4.69, 9.17) is 11.6 Å². The number of sulfonamides is 1. The Bertz CT molecular complexity index is 880. The van der Waals surface area contributed by atoms with Gasteiger partial charge in [-0.25, -0.2) is 8.42 Å². The molecule has 8 heteroatoms. The lowest BCUT2D eigenvalue weighted by Crippen LogP contribution is -2.43. The van der Waals surface area contributed by atoms with Gasteiger partial charge >= 0.3 is 0 Å². The number of nitrogens with one attached hydrogen (secondary N) is 1. The minimum Gasteiger partial charge on any atom is -0.324 e. The highest BCUT2D eigenvalue weighted by atomic mass is 35.5. The van der Waals surface area contributed by atoms with Crippen molar-refractivity contribution in [2.24, 2.45) is 0 Å². The second-order valence-corrected chi connectivity index (χ2v) is 9.66. The number of nitrogens with zero attached hydrogens (tertiary/aromatic N) is 1. The van der Waals surface area contributed by atoms with Crippen LogP contribution in [0.15, 0.2) is 40.6 Å². The van der Waals surface area contributed by atoms with E-state index in [0.717, 1.165) is 29.0 Å². The van der Waals surface area contributed by atoms with Gasteiger partial charge in [0, 0.05) is 12.2 Å². The summed E-state index contributed by atoms with van der Waals surface area (Å²) < 4.78 is 27.5. The number of aryl methyl sites for hydroxylation is 1. The number of rotatable bonds is 5. The molecule has 1 aliphatic rings. The number of halogens is 1. The molecule has 0 radical (unpaired) electrons. The lowest BCUT2D eigenvalue weighted by atomic mass is 10.1. The van der Waals surface area contributed by atoms with Crippen molar-refractivity contribution in [1.29, 1.82) is 0 Å². The number of para-hydroxylation sites is 1. The Morgan fingerprint density at radius 2 is 2.08 bits per heavy atom. The average molecular weight is 399 g/mol. The first-order chi connectivity index (χ1) is 11.9. The summed E-state index contributed by atoms with van der Waals surface area (Å²) in [6, 6.07) is 9.91. The van der Waals surface area contributed by atoms with E-state index in [9.17, 15) is 13.2 Å². The number of hydrogen-bond donors (Lipinski definition) is 1. The molecule has 1 aromatic heterocycles. The largest absolute Gasteiger partial charge is 0.324 e. The third kappa shape index (κ3) is 3.74. The molecule has 1 aromatic carbocycles. The lowest BCUT2D eigenvalue weighted by Gasteiger charge is -2.23. The molecule has 0 saturated carbocycles. The first-order valence-corrected chi connectivity index (χ1v) is 10.7. The Hall–Kier alpha value is -1.41. The maximum atomic E-state index is 12.8. The fraction of sp³-hybridized carbons (Fsp3) is 0.353. The van der Waals surface area contributed by atoms with Crippen molar-refractivity contribution in [2.45, 2.75) is 36.4 Å². The van der Waals surface area contributed by atoms with Crippen LogP contribution in [0.2, 0.25) is 4.34 Å². The smallest absolute Gasteiger partial charge is 0.253 e. The summed E-state index contributed by atoms with van der Waals surface area (Å²) in [6.45, 7) is 2.35. The molecule has 1 aliphatic heterocycles. The van der Waals surface area contributed by atoms with Crippen LogP contribution < -0.4 is 5.32 Å². The van der Waals surface area contributed by atoms with Gasteiger partial charge < -0.3 is 5.32 Å². The van der Waals surface area contributed by atoms with Gasteiger partial charge in [0.25, 0.3) is 10.0 Å². The van der Waals surface area contributed by atoms with E-state index in [1.54, 1.807) is 6.07 Å². The molecular weight excluding hydrogens is 380 g/mol. The highest BCUT2D eigenvalue weighted by Gasteiger charge is 2.40. The molecule has 1 fully saturated rings. The highest BCUT2D eigenvalue weighted by Crippen LogP contribution is 2.32. The summed E-state index contributed by atoms with van der Waals surface area (Å²) in [6.07, 6.45) is 1.96. The number of anilines is 1. The molecule has 1 unspecified atom stereocenters. The zero-order valence-corrected chi connectivity index (χ0v) is 16.1. The van der Waals surface area contributed by atoms with Crippen molar-refractivity contribution < 1.29 is 13.2 Å². The molecule has 25 heavy (non-hydrogen) atoms. The number of carbonyl (C=O) groups is 1. The van der Waals surface area contributed by atoms with Crippen molar-refractivity contribution in [2.75, 3.05) is 11.9 Å². The van der Waals surface area contributed by atoms with E-state index in [-0.39, 0.29) is 10.1 Å². The number of amides is 1. The van der Waals surface area contributed by atoms with E-state index in [1.165, 1.54) is 10.4 Å². The Morgan fingerprint density at radius 3 is 2.76 bits per heavy atom. The Morgan fingerprint density at radius 1 is 1.32 bits per heavy atom. The second-order valence-electron chi connectivity index (χ2n) is 5.83. The summed E-state index contributed by atoms with van der Waals surface area (Å²) in [5, 5.41) is 2.89. The van der Waals surface area contributed by atoms with E-state index >= 15 is 0 Å². The predicted molar refractivity (Wildman–Crippen MR) is 101 cm³/mol. The van der Waals surface area contributed by atoms with E-state index in [1.807, 2.05) is 31.2 Å². The standard InChI is InChI=1S/C17H19ClN2O3S2/c1-2-12-6-3-4-7-13(12)19-17(21)14-8-5-11-20(14)25(22,23)16-10-9-15(18)24-16/h3-4,6-7,9-10,14H,2,5,8,11H2,1H3,(H,19,21). The van der Waals surface area contributed by atoms with Gasteiger partial charge in [0.2, 0.25) is 5.91 Å². The van der Waals surface area contributed by atoms with Crippen LogP contribution in [-0.2, 0) is 21.2 Å². The highest BCUT2D eigenvalue weighted by molar-refractivity contribution is 7.91. The van der Waals surface area contributed by atoms with Crippen molar-refractivity contribution in [3.63, 3.8) is 0 Å².